The summed E-state index contributed by atoms with van der Waals surface area (Å²) in [6.45, 7) is 14.4. The minimum absolute atomic E-state index is 0.240. The predicted molar refractivity (Wildman–Crippen MR) is 151 cm³/mol. The Morgan fingerprint density at radius 1 is 1.00 bits per heavy atom. The maximum absolute atomic E-state index is 14.1. The Morgan fingerprint density at radius 2 is 1.64 bits per heavy atom. The van der Waals surface area contributed by atoms with Gasteiger partial charge >= 0.3 is 6.09 Å². The Balaban J connectivity index is 2.56. The molecular formula is C30H40N4O5. The van der Waals surface area contributed by atoms with Crippen LogP contribution in [0.15, 0.2) is 61.2 Å². The number of carbonyl (C=O) groups is 4. The third-order valence-electron chi connectivity index (χ3n) is 5.63. The largest absolute Gasteiger partial charge is 0.444 e. The van der Waals surface area contributed by atoms with Crippen LogP contribution in [0, 0.1) is 0 Å². The molecular weight excluding hydrogens is 496 g/mol. The van der Waals surface area contributed by atoms with Crippen LogP contribution in [0.3, 0.4) is 0 Å². The summed E-state index contributed by atoms with van der Waals surface area (Å²) < 4.78 is 5.31. The number of primary amides is 1. The molecule has 9 heteroatoms. The van der Waals surface area contributed by atoms with Crippen molar-refractivity contribution in [3.05, 3.63) is 77.9 Å². The van der Waals surface area contributed by atoms with Gasteiger partial charge < -0.3 is 26.0 Å². The number of nitrogens with zero attached hydrogens (tertiary/aromatic N) is 1. The van der Waals surface area contributed by atoms with Crippen LogP contribution in [0.2, 0.25) is 0 Å². The summed E-state index contributed by atoms with van der Waals surface area (Å²) in [5.41, 5.74) is 5.88. The molecule has 2 unspecified atom stereocenters. The van der Waals surface area contributed by atoms with Crippen LogP contribution in [-0.4, -0.2) is 45.9 Å². The molecule has 4 N–H and O–H groups in total. The summed E-state index contributed by atoms with van der Waals surface area (Å²) in [5, 5.41) is 5.41. The molecule has 2 aromatic carbocycles. The number of carbonyl (C=O) groups excluding carboxylic acids is 4. The van der Waals surface area contributed by atoms with Gasteiger partial charge in [0.25, 0.3) is 0 Å². The smallest absolute Gasteiger partial charge is 0.408 e. The predicted octanol–water partition coefficient (Wildman–Crippen LogP) is 4.08. The van der Waals surface area contributed by atoms with Crippen molar-refractivity contribution in [2.24, 2.45) is 5.73 Å². The molecule has 0 fully saturated rings. The normalized spacial score (nSPS) is 13.0. The van der Waals surface area contributed by atoms with Gasteiger partial charge in [0.1, 0.15) is 17.7 Å². The van der Waals surface area contributed by atoms with Gasteiger partial charge in [-0.05, 0) is 64.3 Å². The number of hydrogen-bond donors (Lipinski definition) is 3. The number of hydrogen-bond acceptors (Lipinski definition) is 5. The monoisotopic (exact) mass is 536 g/mol. The lowest BCUT2D eigenvalue weighted by Gasteiger charge is -2.43. The van der Waals surface area contributed by atoms with Crippen LogP contribution in [-0.2, 0) is 25.7 Å². The molecule has 0 aliphatic heterocycles. The van der Waals surface area contributed by atoms with E-state index in [1.165, 1.54) is 4.90 Å². The summed E-state index contributed by atoms with van der Waals surface area (Å²) in [6, 6.07) is 14.1. The minimum Gasteiger partial charge on any atom is -0.444 e. The molecule has 0 saturated heterocycles. The van der Waals surface area contributed by atoms with E-state index < -0.39 is 53.5 Å². The van der Waals surface area contributed by atoms with E-state index in [1.54, 1.807) is 65.8 Å². The Hall–Kier alpha value is -4.14. The molecule has 2 aromatic rings. The first-order chi connectivity index (χ1) is 18.1. The first kappa shape index (κ1) is 31.1. The van der Waals surface area contributed by atoms with Crippen molar-refractivity contribution in [3.8, 4) is 0 Å². The van der Waals surface area contributed by atoms with Crippen molar-refractivity contribution < 1.29 is 23.9 Å². The fourth-order valence-corrected chi connectivity index (χ4v) is 4.02. The van der Waals surface area contributed by atoms with Crippen LogP contribution in [0.4, 0.5) is 4.79 Å². The topological polar surface area (TPSA) is 131 Å². The van der Waals surface area contributed by atoms with Crippen molar-refractivity contribution >= 4 is 29.9 Å². The number of amides is 4. The van der Waals surface area contributed by atoms with Gasteiger partial charge in [0.05, 0.1) is 6.42 Å². The quantitative estimate of drug-likeness (QED) is 0.421. The molecule has 0 aromatic heterocycles. The Morgan fingerprint density at radius 3 is 2.18 bits per heavy atom. The molecule has 0 radical (unpaired) electrons. The molecule has 9 nitrogen and oxygen atoms in total. The van der Waals surface area contributed by atoms with Gasteiger partial charge in [0.15, 0.2) is 0 Å². The number of alkyl carbamates (subject to hydrolysis) is 1. The van der Waals surface area contributed by atoms with Gasteiger partial charge in [0, 0.05) is 12.1 Å². The Bertz CT molecular complexity index is 1180. The van der Waals surface area contributed by atoms with Crippen LogP contribution >= 0.6 is 0 Å². The zero-order valence-corrected chi connectivity index (χ0v) is 23.6. The molecule has 2 atom stereocenters. The molecule has 4 amide bonds. The molecule has 0 aliphatic rings. The molecule has 0 saturated carbocycles. The number of nitrogens with one attached hydrogen (secondary N) is 2. The highest BCUT2D eigenvalue weighted by Gasteiger charge is 2.42. The van der Waals surface area contributed by atoms with Crippen molar-refractivity contribution in [2.75, 3.05) is 0 Å². The van der Waals surface area contributed by atoms with Gasteiger partial charge in [-0.2, -0.15) is 0 Å². The van der Waals surface area contributed by atoms with E-state index in [1.807, 2.05) is 36.4 Å². The maximum atomic E-state index is 14.1. The van der Waals surface area contributed by atoms with E-state index in [0.29, 0.717) is 5.56 Å². The van der Waals surface area contributed by atoms with E-state index in [2.05, 4.69) is 17.2 Å². The number of ether oxygens (including phenoxy) is 1. The maximum Gasteiger partial charge on any atom is 0.408 e. The molecule has 0 spiro atoms. The lowest BCUT2D eigenvalue weighted by atomic mass is 9.94. The highest BCUT2D eigenvalue weighted by atomic mass is 16.6. The zero-order chi connectivity index (χ0) is 29.4. The Kier molecular flexibility index (Phi) is 10.4. The molecule has 0 aliphatic carbocycles. The SMILES string of the molecule is C=Cc1cccc(C(C(=O)NCc2ccccc2)N(C(=O)C(CC(N)=O)NC(=O)OC(C)(C)C)C(C)(C)C)c1. The van der Waals surface area contributed by atoms with Crippen LogP contribution in [0.5, 0.6) is 0 Å². The number of nitrogens with two attached hydrogens (primary N) is 1. The summed E-state index contributed by atoms with van der Waals surface area (Å²) in [5.74, 6) is -1.88. The first-order valence-electron chi connectivity index (χ1n) is 12.8. The number of benzene rings is 2. The van der Waals surface area contributed by atoms with Crippen molar-refractivity contribution in [1.29, 1.82) is 0 Å². The van der Waals surface area contributed by atoms with E-state index in [-0.39, 0.29) is 6.54 Å². The van der Waals surface area contributed by atoms with Gasteiger partial charge in [-0.25, -0.2) is 4.79 Å². The van der Waals surface area contributed by atoms with Crippen molar-refractivity contribution in [2.45, 2.75) is 77.7 Å². The second-order valence-electron chi connectivity index (χ2n) is 11.2. The Labute approximate surface area is 230 Å². The third-order valence-corrected chi connectivity index (χ3v) is 5.63. The average Bonchev–Trinajstić information content (AvgIpc) is 2.83. The zero-order valence-electron chi connectivity index (χ0n) is 23.6. The summed E-state index contributed by atoms with van der Waals surface area (Å²) >= 11 is 0. The first-order valence-corrected chi connectivity index (χ1v) is 12.8. The summed E-state index contributed by atoms with van der Waals surface area (Å²) in [7, 11) is 0. The van der Waals surface area contributed by atoms with Gasteiger partial charge in [-0.3, -0.25) is 14.4 Å². The second kappa shape index (κ2) is 13.1. The molecule has 0 bridgehead atoms. The molecule has 2 rings (SSSR count). The van der Waals surface area contributed by atoms with E-state index >= 15 is 0 Å². The number of rotatable bonds is 10. The molecule has 0 heterocycles. The van der Waals surface area contributed by atoms with Crippen molar-refractivity contribution in [3.63, 3.8) is 0 Å². The lowest BCUT2D eigenvalue weighted by molar-refractivity contribution is -0.149. The van der Waals surface area contributed by atoms with E-state index in [9.17, 15) is 19.2 Å². The van der Waals surface area contributed by atoms with Crippen LogP contribution in [0.1, 0.15) is 70.7 Å². The molecule has 39 heavy (non-hydrogen) atoms. The van der Waals surface area contributed by atoms with Gasteiger partial charge in [-0.1, -0.05) is 61.2 Å². The van der Waals surface area contributed by atoms with Crippen molar-refractivity contribution in [1.82, 2.24) is 15.5 Å². The highest BCUT2D eigenvalue weighted by Crippen LogP contribution is 2.31. The highest BCUT2D eigenvalue weighted by molar-refractivity contribution is 5.95. The fraction of sp³-hybridized carbons (Fsp3) is 0.400. The summed E-state index contributed by atoms with van der Waals surface area (Å²) in [4.78, 5) is 53.9. The fourth-order valence-electron chi connectivity index (χ4n) is 4.02. The van der Waals surface area contributed by atoms with Gasteiger partial charge in [-0.15, -0.1) is 0 Å². The van der Waals surface area contributed by atoms with E-state index in [0.717, 1.165) is 11.1 Å². The van der Waals surface area contributed by atoms with Gasteiger partial charge in [0.2, 0.25) is 17.7 Å². The summed E-state index contributed by atoms with van der Waals surface area (Å²) in [6.07, 6.45) is 0.288. The molecule has 210 valence electrons. The average molecular weight is 537 g/mol. The second-order valence-corrected chi connectivity index (χ2v) is 11.2. The minimum atomic E-state index is -1.36. The van der Waals surface area contributed by atoms with E-state index in [4.69, 9.17) is 10.5 Å². The standard InChI is InChI=1S/C30H40N4O5/c1-8-20-15-12-16-22(17-20)25(26(36)32-19-21-13-10-9-11-14-21)34(29(2,3)4)27(37)23(18-24(31)35)33-28(38)39-30(5,6)7/h8-17,23,25H,1,18-19H2,2-7H3,(H2,31,35)(H,32,36)(H,33,38). The van der Waals surface area contributed by atoms with Crippen LogP contribution < -0.4 is 16.4 Å². The van der Waals surface area contributed by atoms with Crippen LogP contribution in [0.25, 0.3) is 6.08 Å². The third kappa shape index (κ3) is 9.59. The lowest BCUT2D eigenvalue weighted by Crippen LogP contribution is -2.59.